The molecule has 1 aliphatic rings. The first-order valence-corrected chi connectivity index (χ1v) is 9.20. The molecule has 0 spiro atoms. The monoisotopic (exact) mass is 374 g/mol. The number of aryl methyl sites for hydroxylation is 1. The molecule has 0 saturated carbocycles. The lowest BCUT2D eigenvalue weighted by molar-refractivity contribution is 0.0755. The lowest BCUT2D eigenvalue weighted by atomic mass is 10.2. The average Bonchev–Trinajstić information content (AvgIpc) is 2.90. The van der Waals surface area contributed by atoms with Gasteiger partial charge in [-0.05, 0) is 38.0 Å². The summed E-state index contributed by atoms with van der Waals surface area (Å²) >= 11 is 6.17. The highest BCUT2D eigenvalue weighted by atomic mass is 35.5. The van der Waals surface area contributed by atoms with E-state index in [1.165, 1.54) is 12.8 Å². The molecule has 26 heavy (non-hydrogen) atoms. The lowest BCUT2D eigenvalue weighted by Crippen LogP contribution is -2.32. The predicted octanol–water partition coefficient (Wildman–Crippen LogP) is 4.21. The van der Waals surface area contributed by atoms with Gasteiger partial charge in [0.05, 0.1) is 12.1 Å². The van der Waals surface area contributed by atoms with Gasteiger partial charge in [-0.25, -0.2) is 9.97 Å². The number of nitrogens with zero attached hydrogens (tertiary/aromatic N) is 3. The molecular weight excluding hydrogens is 352 g/mol. The summed E-state index contributed by atoms with van der Waals surface area (Å²) in [6.45, 7) is 3.36. The van der Waals surface area contributed by atoms with Gasteiger partial charge < -0.3 is 15.0 Å². The quantitative estimate of drug-likeness (QED) is 0.868. The summed E-state index contributed by atoms with van der Waals surface area (Å²) < 4.78 is 5.16. The molecule has 1 aliphatic heterocycles. The molecule has 1 aromatic heterocycles. The maximum Gasteiger partial charge on any atom is 0.272 e. The predicted molar refractivity (Wildman–Crippen MR) is 102 cm³/mol. The molecule has 0 bridgehead atoms. The summed E-state index contributed by atoms with van der Waals surface area (Å²) in [5.41, 5.74) is 1.18. The number of aromatic nitrogens is 2. The molecular formula is C19H23ClN4O2. The van der Waals surface area contributed by atoms with Gasteiger partial charge in [-0.2, -0.15) is 0 Å². The normalized spacial score (nSPS) is 14.7. The molecule has 7 heteroatoms. The van der Waals surface area contributed by atoms with Gasteiger partial charge in [0.1, 0.15) is 23.1 Å². The molecule has 0 unspecified atom stereocenters. The van der Waals surface area contributed by atoms with E-state index in [0.29, 0.717) is 28.1 Å². The summed E-state index contributed by atoms with van der Waals surface area (Å²) in [7, 11) is 1.57. The minimum Gasteiger partial charge on any atom is -0.495 e. The zero-order valence-electron chi connectivity index (χ0n) is 15.1. The number of ether oxygens (including phenoxy) is 1. The van der Waals surface area contributed by atoms with Crippen LogP contribution in [0.3, 0.4) is 0 Å². The molecule has 6 nitrogen and oxygen atoms in total. The average molecular weight is 375 g/mol. The van der Waals surface area contributed by atoms with E-state index in [4.69, 9.17) is 16.3 Å². The van der Waals surface area contributed by atoms with Crippen molar-refractivity contribution in [1.82, 2.24) is 14.9 Å². The van der Waals surface area contributed by atoms with Crippen molar-refractivity contribution < 1.29 is 9.53 Å². The number of rotatable bonds is 4. The molecule has 0 radical (unpaired) electrons. The van der Waals surface area contributed by atoms with E-state index < -0.39 is 0 Å². The lowest BCUT2D eigenvalue weighted by Gasteiger charge is -2.20. The Labute approximate surface area is 158 Å². The third-order valence-corrected chi connectivity index (χ3v) is 4.67. The number of carbonyl (C=O) groups is 1. The first-order chi connectivity index (χ1) is 12.6. The zero-order chi connectivity index (χ0) is 18.5. The SMILES string of the molecule is COc1ccc(Nc2cc(C(=O)N3CCCCCC3)nc(C)n2)cc1Cl. The molecule has 138 valence electrons. The topological polar surface area (TPSA) is 67.3 Å². The zero-order valence-corrected chi connectivity index (χ0v) is 15.8. The maximum atomic E-state index is 12.8. The first-order valence-electron chi connectivity index (χ1n) is 8.82. The Morgan fingerprint density at radius 1 is 1.15 bits per heavy atom. The summed E-state index contributed by atoms with van der Waals surface area (Å²) in [4.78, 5) is 23.4. The highest BCUT2D eigenvalue weighted by Crippen LogP contribution is 2.28. The molecule has 1 aromatic carbocycles. The maximum absolute atomic E-state index is 12.8. The minimum absolute atomic E-state index is 0.0341. The number of nitrogens with one attached hydrogen (secondary N) is 1. The van der Waals surface area contributed by atoms with E-state index in [1.54, 1.807) is 32.2 Å². The van der Waals surface area contributed by atoms with Gasteiger partial charge >= 0.3 is 0 Å². The van der Waals surface area contributed by atoms with Gasteiger partial charge in [-0.1, -0.05) is 24.4 Å². The Morgan fingerprint density at radius 2 is 1.88 bits per heavy atom. The van der Waals surface area contributed by atoms with Crippen LogP contribution in [0.5, 0.6) is 5.75 Å². The molecule has 3 rings (SSSR count). The van der Waals surface area contributed by atoms with E-state index in [2.05, 4.69) is 15.3 Å². The van der Waals surface area contributed by atoms with Crippen LogP contribution >= 0.6 is 11.6 Å². The van der Waals surface area contributed by atoms with Crippen molar-refractivity contribution >= 4 is 29.0 Å². The highest BCUT2D eigenvalue weighted by molar-refractivity contribution is 6.32. The fourth-order valence-electron chi connectivity index (χ4n) is 3.07. The van der Waals surface area contributed by atoms with Crippen LogP contribution in [0.1, 0.15) is 42.0 Å². The van der Waals surface area contributed by atoms with Gasteiger partial charge in [0.2, 0.25) is 0 Å². The minimum atomic E-state index is -0.0341. The second-order valence-electron chi connectivity index (χ2n) is 6.37. The van der Waals surface area contributed by atoms with Crippen LogP contribution in [0.2, 0.25) is 5.02 Å². The largest absolute Gasteiger partial charge is 0.495 e. The number of halogens is 1. The van der Waals surface area contributed by atoms with Crippen LogP contribution in [-0.4, -0.2) is 41.0 Å². The van der Waals surface area contributed by atoms with Gasteiger partial charge in [0.25, 0.3) is 5.91 Å². The second kappa shape index (κ2) is 8.36. The molecule has 1 fully saturated rings. The smallest absolute Gasteiger partial charge is 0.272 e. The van der Waals surface area contributed by atoms with Crippen molar-refractivity contribution in [2.45, 2.75) is 32.6 Å². The molecule has 1 saturated heterocycles. The van der Waals surface area contributed by atoms with Crippen molar-refractivity contribution in [2.75, 3.05) is 25.5 Å². The standard InChI is InChI=1S/C19H23ClN4O2/c1-13-21-16(19(25)24-9-5-3-4-6-10-24)12-18(22-13)23-14-7-8-17(26-2)15(20)11-14/h7-8,11-12H,3-6,9-10H2,1-2H3,(H,21,22,23). The van der Waals surface area contributed by atoms with Crippen LogP contribution in [-0.2, 0) is 0 Å². The Morgan fingerprint density at radius 3 is 2.54 bits per heavy atom. The van der Waals surface area contributed by atoms with Crippen molar-refractivity contribution in [1.29, 1.82) is 0 Å². The van der Waals surface area contributed by atoms with Gasteiger partial charge in [-0.15, -0.1) is 0 Å². The van der Waals surface area contributed by atoms with E-state index in [0.717, 1.165) is 31.6 Å². The summed E-state index contributed by atoms with van der Waals surface area (Å²) in [5, 5.41) is 3.69. The number of benzene rings is 1. The summed E-state index contributed by atoms with van der Waals surface area (Å²) in [6, 6.07) is 7.08. The Hall–Kier alpha value is -2.34. The summed E-state index contributed by atoms with van der Waals surface area (Å²) in [6.07, 6.45) is 4.45. The van der Waals surface area contributed by atoms with Gasteiger partial charge in [-0.3, -0.25) is 4.79 Å². The van der Waals surface area contributed by atoms with Crippen LogP contribution in [0.4, 0.5) is 11.5 Å². The molecule has 1 N–H and O–H groups in total. The van der Waals surface area contributed by atoms with E-state index in [9.17, 15) is 4.79 Å². The fourth-order valence-corrected chi connectivity index (χ4v) is 3.33. The first kappa shape index (κ1) is 18.5. The highest BCUT2D eigenvalue weighted by Gasteiger charge is 2.19. The Kier molecular flexibility index (Phi) is 5.93. The molecule has 2 aromatic rings. The molecule has 2 heterocycles. The Bertz CT molecular complexity index is 789. The summed E-state index contributed by atoms with van der Waals surface area (Å²) in [5.74, 6) is 1.69. The van der Waals surface area contributed by atoms with Gasteiger partial charge in [0.15, 0.2) is 0 Å². The number of likely N-dealkylation sites (tertiary alicyclic amines) is 1. The van der Waals surface area contributed by atoms with Crippen molar-refractivity contribution in [3.63, 3.8) is 0 Å². The van der Waals surface area contributed by atoms with E-state index in [-0.39, 0.29) is 5.91 Å². The van der Waals surface area contributed by atoms with E-state index in [1.807, 2.05) is 11.0 Å². The van der Waals surface area contributed by atoms with Crippen LogP contribution in [0, 0.1) is 6.92 Å². The van der Waals surface area contributed by atoms with Crippen molar-refractivity contribution in [2.24, 2.45) is 0 Å². The second-order valence-corrected chi connectivity index (χ2v) is 6.77. The van der Waals surface area contributed by atoms with Crippen LogP contribution < -0.4 is 10.1 Å². The molecule has 0 aliphatic carbocycles. The number of hydrogen-bond acceptors (Lipinski definition) is 5. The van der Waals surface area contributed by atoms with E-state index >= 15 is 0 Å². The number of hydrogen-bond donors (Lipinski definition) is 1. The number of methoxy groups -OCH3 is 1. The number of amides is 1. The van der Waals surface area contributed by atoms with Crippen molar-refractivity contribution in [3.8, 4) is 5.75 Å². The fraction of sp³-hybridized carbons (Fsp3) is 0.421. The number of carbonyl (C=O) groups excluding carboxylic acids is 1. The van der Waals surface area contributed by atoms with Crippen molar-refractivity contribution in [3.05, 3.63) is 40.8 Å². The molecule has 1 amide bonds. The van der Waals surface area contributed by atoms with Gasteiger partial charge in [0, 0.05) is 24.8 Å². The molecule has 0 atom stereocenters. The third-order valence-electron chi connectivity index (χ3n) is 4.37. The third kappa shape index (κ3) is 4.43. The Balaban J connectivity index is 1.80. The van der Waals surface area contributed by atoms with Crippen LogP contribution in [0.25, 0.3) is 0 Å². The van der Waals surface area contributed by atoms with Crippen LogP contribution in [0.15, 0.2) is 24.3 Å². The number of anilines is 2.